The molecule has 1 aromatic carbocycles. The highest BCUT2D eigenvalue weighted by molar-refractivity contribution is 5.94. The standard InChI is InChI=1S/C17H26N2O/c1-13(2)19(3)10-6-5-7-15-11-14-12-16(20-4)8-9-17(14)18-15/h8-9,12-13H,5-7,10-11H2,1-4H3. The van der Waals surface area contributed by atoms with E-state index < -0.39 is 0 Å². The normalized spacial score (nSPS) is 13.8. The predicted molar refractivity (Wildman–Crippen MR) is 85.4 cm³/mol. The van der Waals surface area contributed by atoms with E-state index in [0.717, 1.165) is 24.3 Å². The Morgan fingerprint density at radius 1 is 1.30 bits per heavy atom. The van der Waals surface area contributed by atoms with Crippen LogP contribution in [0.2, 0.25) is 0 Å². The molecule has 0 radical (unpaired) electrons. The first-order chi connectivity index (χ1) is 9.60. The predicted octanol–water partition coefficient (Wildman–Crippen LogP) is 3.83. The first-order valence-corrected chi connectivity index (χ1v) is 7.53. The van der Waals surface area contributed by atoms with Gasteiger partial charge in [0.2, 0.25) is 0 Å². The largest absolute Gasteiger partial charge is 0.497 e. The molecule has 1 aliphatic rings. The maximum Gasteiger partial charge on any atom is 0.119 e. The first-order valence-electron chi connectivity index (χ1n) is 7.53. The van der Waals surface area contributed by atoms with E-state index in [1.165, 1.54) is 30.7 Å². The van der Waals surface area contributed by atoms with Crippen LogP contribution in [-0.4, -0.2) is 37.4 Å². The molecular weight excluding hydrogens is 248 g/mol. The van der Waals surface area contributed by atoms with Gasteiger partial charge in [0.25, 0.3) is 0 Å². The van der Waals surface area contributed by atoms with Gasteiger partial charge in [-0.2, -0.15) is 0 Å². The molecule has 0 amide bonds. The molecule has 1 heterocycles. The van der Waals surface area contributed by atoms with Crippen molar-refractivity contribution in [3.8, 4) is 5.75 Å². The van der Waals surface area contributed by atoms with Crippen molar-refractivity contribution in [1.82, 2.24) is 4.90 Å². The number of rotatable bonds is 7. The third kappa shape index (κ3) is 3.83. The van der Waals surface area contributed by atoms with Gasteiger partial charge >= 0.3 is 0 Å². The van der Waals surface area contributed by atoms with Crippen LogP contribution in [0, 0.1) is 0 Å². The zero-order valence-electron chi connectivity index (χ0n) is 13.1. The highest BCUT2D eigenvalue weighted by Gasteiger charge is 2.15. The van der Waals surface area contributed by atoms with Crippen molar-refractivity contribution in [2.45, 2.75) is 45.6 Å². The number of fused-ring (bicyclic) bond motifs is 1. The molecule has 20 heavy (non-hydrogen) atoms. The van der Waals surface area contributed by atoms with Gasteiger partial charge < -0.3 is 9.64 Å². The molecule has 0 bridgehead atoms. The van der Waals surface area contributed by atoms with E-state index in [4.69, 9.17) is 9.73 Å². The van der Waals surface area contributed by atoms with Gasteiger partial charge in [-0.05, 0) is 70.5 Å². The van der Waals surface area contributed by atoms with Crippen LogP contribution in [0.5, 0.6) is 5.75 Å². The molecule has 1 aliphatic heterocycles. The molecule has 0 aliphatic carbocycles. The highest BCUT2D eigenvalue weighted by atomic mass is 16.5. The van der Waals surface area contributed by atoms with Gasteiger partial charge in [-0.15, -0.1) is 0 Å². The number of methoxy groups -OCH3 is 1. The summed E-state index contributed by atoms with van der Waals surface area (Å²) in [6.45, 7) is 5.65. The summed E-state index contributed by atoms with van der Waals surface area (Å²) >= 11 is 0. The van der Waals surface area contributed by atoms with Crippen LogP contribution in [0.3, 0.4) is 0 Å². The van der Waals surface area contributed by atoms with Crippen LogP contribution in [0.4, 0.5) is 5.69 Å². The molecule has 0 N–H and O–H groups in total. The van der Waals surface area contributed by atoms with Crippen molar-refractivity contribution in [2.75, 3.05) is 20.7 Å². The van der Waals surface area contributed by atoms with Crippen LogP contribution in [0.1, 0.15) is 38.7 Å². The van der Waals surface area contributed by atoms with Crippen molar-refractivity contribution in [2.24, 2.45) is 4.99 Å². The van der Waals surface area contributed by atoms with Crippen molar-refractivity contribution in [3.05, 3.63) is 23.8 Å². The number of hydrogen-bond acceptors (Lipinski definition) is 3. The fourth-order valence-electron chi connectivity index (χ4n) is 2.46. The highest BCUT2D eigenvalue weighted by Crippen LogP contribution is 2.31. The van der Waals surface area contributed by atoms with E-state index in [0.29, 0.717) is 6.04 Å². The molecule has 0 saturated carbocycles. The van der Waals surface area contributed by atoms with E-state index in [9.17, 15) is 0 Å². The molecule has 0 unspecified atom stereocenters. The second kappa shape index (κ2) is 6.89. The third-order valence-electron chi connectivity index (χ3n) is 4.07. The lowest BCUT2D eigenvalue weighted by Gasteiger charge is -2.20. The van der Waals surface area contributed by atoms with Gasteiger partial charge in [0.1, 0.15) is 5.75 Å². The van der Waals surface area contributed by atoms with Gasteiger partial charge in [0, 0.05) is 18.2 Å². The topological polar surface area (TPSA) is 24.8 Å². The van der Waals surface area contributed by atoms with Crippen LogP contribution < -0.4 is 4.74 Å². The Labute approximate surface area is 122 Å². The molecule has 110 valence electrons. The van der Waals surface area contributed by atoms with Gasteiger partial charge in [-0.1, -0.05) is 0 Å². The summed E-state index contributed by atoms with van der Waals surface area (Å²) in [7, 11) is 3.91. The van der Waals surface area contributed by atoms with Gasteiger partial charge in [-0.3, -0.25) is 4.99 Å². The molecule has 2 rings (SSSR count). The SMILES string of the molecule is COc1ccc2c(c1)CC(CCCCN(C)C(C)C)=N2. The van der Waals surface area contributed by atoms with E-state index in [1.807, 2.05) is 6.07 Å². The maximum absolute atomic E-state index is 5.27. The fraction of sp³-hybridized carbons (Fsp3) is 0.588. The molecule has 3 nitrogen and oxygen atoms in total. The van der Waals surface area contributed by atoms with Gasteiger partial charge in [0.05, 0.1) is 12.8 Å². The zero-order valence-corrected chi connectivity index (χ0v) is 13.1. The minimum Gasteiger partial charge on any atom is -0.497 e. The Hall–Kier alpha value is -1.35. The fourth-order valence-corrected chi connectivity index (χ4v) is 2.46. The summed E-state index contributed by atoms with van der Waals surface area (Å²) in [5.74, 6) is 0.929. The van der Waals surface area contributed by atoms with Crippen molar-refractivity contribution in [1.29, 1.82) is 0 Å². The van der Waals surface area contributed by atoms with Crippen molar-refractivity contribution < 1.29 is 4.74 Å². The van der Waals surface area contributed by atoms with Crippen molar-refractivity contribution >= 4 is 11.4 Å². The van der Waals surface area contributed by atoms with Crippen LogP contribution in [0.15, 0.2) is 23.2 Å². The van der Waals surface area contributed by atoms with E-state index in [2.05, 4.69) is 37.9 Å². The Morgan fingerprint density at radius 3 is 2.80 bits per heavy atom. The summed E-state index contributed by atoms with van der Waals surface area (Å²) < 4.78 is 5.27. The molecule has 0 atom stereocenters. The second-order valence-corrected chi connectivity index (χ2v) is 5.88. The summed E-state index contributed by atoms with van der Waals surface area (Å²) in [4.78, 5) is 7.13. The molecular formula is C17H26N2O. The quantitative estimate of drug-likeness (QED) is 0.706. The first kappa shape index (κ1) is 15.0. The van der Waals surface area contributed by atoms with E-state index >= 15 is 0 Å². The van der Waals surface area contributed by atoms with Crippen LogP contribution in [0.25, 0.3) is 0 Å². The maximum atomic E-state index is 5.27. The Morgan fingerprint density at radius 2 is 2.10 bits per heavy atom. The molecule has 1 aromatic rings. The molecule has 3 heteroatoms. The van der Waals surface area contributed by atoms with Crippen LogP contribution in [-0.2, 0) is 6.42 Å². The lowest BCUT2D eigenvalue weighted by molar-refractivity contribution is 0.269. The average Bonchev–Trinajstić information content (AvgIpc) is 2.84. The molecule has 0 saturated heterocycles. The second-order valence-electron chi connectivity index (χ2n) is 5.88. The smallest absolute Gasteiger partial charge is 0.119 e. The Bertz CT molecular complexity index is 480. The Balaban J connectivity index is 1.77. The van der Waals surface area contributed by atoms with Gasteiger partial charge in [0.15, 0.2) is 0 Å². The van der Waals surface area contributed by atoms with E-state index in [1.54, 1.807) is 7.11 Å². The number of hydrogen-bond donors (Lipinski definition) is 0. The summed E-state index contributed by atoms with van der Waals surface area (Å²) in [5.41, 5.74) is 3.75. The minimum atomic E-state index is 0.635. The average molecular weight is 274 g/mol. The molecule has 0 aromatic heterocycles. The number of benzene rings is 1. The summed E-state index contributed by atoms with van der Waals surface area (Å²) in [6.07, 6.45) is 4.57. The minimum absolute atomic E-state index is 0.635. The lowest BCUT2D eigenvalue weighted by Crippen LogP contribution is -2.27. The number of unbranched alkanes of at least 4 members (excludes halogenated alkanes) is 1. The summed E-state index contributed by atoms with van der Waals surface area (Å²) in [5, 5.41) is 0. The Kier molecular flexibility index (Phi) is 5.18. The summed E-state index contributed by atoms with van der Waals surface area (Å²) in [6, 6.07) is 6.80. The number of nitrogens with zero attached hydrogens (tertiary/aromatic N) is 2. The zero-order chi connectivity index (χ0) is 14.5. The monoisotopic (exact) mass is 274 g/mol. The number of aliphatic imine (C=N–C) groups is 1. The third-order valence-corrected chi connectivity index (χ3v) is 4.07. The molecule has 0 fully saturated rings. The van der Waals surface area contributed by atoms with Crippen molar-refractivity contribution in [3.63, 3.8) is 0 Å². The number of ether oxygens (including phenoxy) is 1. The molecule has 0 spiro atoms. The van der Waals surface area contributed by atoms with E-state index in [-0.39, 0.29) is 0 Å². The van der Waals surface area contributed by atoms with Gasteiger partial charge in [-0.25, -0.2) is 0 Å². The van der Waals surface area contributed by atoms with Crippen LogP contribution >= 0.6 is 0 Å². The lowest BCUT2D eigenvalue weighted by atomic mass is 10.1.